The molecule has 2 aromatic carbocycles. The molecule has 3 aliphatic rings. The summed E-state index contributed by atoms with van der Waals surface area (Å²) < 4.78 is 18.6. The zero-order valence-electron chi connectivity index (χ0n) is 25.6. The van der Waals surface area contributed by atoms with Crippen LogP contribution in [0.25, 0.3) is 0 Å². The van der Waals surface area contributed by atoms with Gasteiger partial charge in [-0.3, -0.25) is 0 Å². The van der Waals surface area contributed by atoms with Gasteiger partial charge in [0.05, 0.1) is 31.1 Å². The van der Waals surface area contributed by atoms with Crippen LogP contribution in [0.4, 0.5) is 5.69 Å². The highest BCUT2D eigenvalue weighted by atomic mass is 35.5. The number of carbonyl (C=O) groups is 1. The first kappa shape index (κ1) is 30.2. The van der Waals surface area contributed by atoms with E-state index < -0.39 is 8.32 Å². The minimum atomic E-state index is -1.95. The van der Waals surface area contributed by atoms with Crippen LogP contribution in [0.15, 0.2) is 49.1 Å². The summed E-state index contributed by atoms with van der Waals surface area (Å²) in [6.07, 6.45) is 7.56. The Morgan fingerprint density at radius 1 is 1.24 bits per heavy atom. The molecule has 2 aromatic rings. The molecule has 0 N–H and O–H groups in total. The van der Waals surface area contributed by atoms with E-state index in [1.807, 2.05) is 30.3 Å². The second kappa shape index (κ2) is 11.4. The Bertz CT molecular complexity index is 1300. The average molecular weight is 596 g/mol. The number of aryl methyl sites for hydroxylation is 1. The minimum Gasteiger partial charge on any atom is -0.490 e. The lowest BCUT2D eigenvalue weighted by atomic mass is 9.68. The lowest BCUT2D eigenvalue weighted by Gasteiger charge is -2.48. The van der Waals surface area contributed by atoms with Crippen molar-refractivity contribution < 1.29 is 18.7 Å². The normalized spacial score (nSPS) is 24.8. The van der Waals surface area contributed by atoms with Crippen molar-refractivity contribution in [2.45, 2.75) is 82.5 Å². The van der Waals surface area contributed by atoms with Crippen molar-refractivity contribution in [1.82, 2.24) is 0 Å². The maximum atomic E-state index is 12.5. The average Bonchev–Trinajstić information content (AvgIpc) is 3.06. The van der Waals surface area contributed by atoms with Crippen LogP contribution in [0.2, 0.25) is 23.2 Å². The molecule has 7 heteroatoms. The molecule has 0 bridgehead atoms. The lowest BCUT2D eigenvalue weighted by molar-refractivity contribution is 0.0528. The Balaban J connectivity index is 1.49. The number of esters is 1. The number of hydrogen-bond donors (Lipinski definition) is 0. The second-order valence-corrected chi connectivity index (χ2v) is 19.1. The number of benzene rings is 2. The Morgan fingerprint density at radius 2 is 2.02 bits per heavy atom. The molecule has 222 valence electrons. The molecule has 0 amide bonds. The van der Waals surface area contributed by atoms with E-state index in [4.69, 9.17) is 25.5 Å². The number of carbonyl (C=O) groups excluding carboxylic acids is 1. The Morgan fingerprint density at radius 3 is 2.68 bits per heavy atom. The molecule has 5 nitrogen and oxygen atoms in total. The SMILES string of the molecule is C=C[C@H](O[Si](C)(C)C(C)(C)C)[C@@H]1CC[C@H]1CN1C[C@@]2(CCCc3cc(Cl)ccc32)COc2ccc(C(=O)OC)cc21. The summed E-state index contributed by atoms with van der Waals surface area (Å²) in [5.41, 5.74) is 4.02. The van der Waals surface area contributed by atoms with Crippen LogP contribution in [-0.4, -0.2) is 47.2 Å². The molecule has 1 heterocycles. The molecule has 5 rings (SSSR count). The van der Waals surface area contributed by atoms with Crippen LogP contribution in [0.3, 0.4) is 0 Å². The molecule has 1 aliphatic heterocycles. The first-order valence-corrected chi connectivity index (χ1v) is 18.4. The van der Waals surface area contributed by atoms with Crippen molar-refractivity contribution in [2.24, 2.45) is 11.8 Å². The molecule has 0 unspecified atom stereocenters. The molecule has 1 fully saturated rings. The van der Waals surface area contributed by atoms with Gasteiger partial charge in [-0.15, -0.1) is 6.58 Å². The van der Waals surface area contributed by atoms with Gasteiger partial charge >= 0.3 is 5.97 Å². The molecule has 1 spiro atoms. The van der Waals surface area contributed by atoms with Crippen LogP contribution >= 0.6 is 11.6 Å². The van der Waals surface area contributed by atoms with E-state index in [1.54, 1.807) is 0 Å². The number of nitrogens with zero attached hydrogens (tertiary/aromatic N) is 1. The number of ether oxygens (including phenoxy) is 2. The highest BCUT2D eigenvalue weighted by Crippen LogP contribution is 2.48. The van der Waals surface area contributed by atoms with Gasteiger partial charge in [-0.1, -0.05) is 44.5 Å². The van der Waals surface area contributed by atoms with Gasteiger partial charge in [-0.05, 0) is 104 Å². The van der Waals surface area contributed by atoms with E-state index >= 15 is 0 Å². The highest BCUT2D eigenvalue weighted by Gasteiger charge is 2.46. The number of anilines is 1. The fourth-order valence-corrected chi connectivity index (χ4v) is 8.22. The van der Waals surface area contributed by atoms with E-state index in [0.29, 0.717) is 24.0 Å². The van der Waals surface area contributed by atoms with Gasteiger partial charge in [0.15, 0.2) is 8.32 Å². The van der Waals surface area contributed by atoms with E-state index in [1.165, 1.54) is 18.2 Å². The molecule has 1 saturated carbocycles. The molecule has 4 atom stereocenters. The maximum absolute atomic E-state index is 12.5. The monoisotopic (exact) mass is 595 g/mol. The summed E-state index contributed by atoms with van der Waals surface area (Å²) in [7, 11) is -0.521. The largest absolute Gasteiger partial charge is 0.490 e. The number of methoxy groups -OCH3 is 1. The molecule has 41 heavy (non-hydrogen) atoms. The number of rotatable bonds is 7. The zero-order chi connectivity index (χ0) is 29.6. The molecule has 0 saturated heterocycles. The summed E-state index contributed by atoms with van der Waals surface area (Å²) in [6.45, 7) is 18.0. The Kier molecular flexibility index (Phi) is 8.41. The summed E-state index contributed by atoms with van der Waals surface area (Å²) in [5, 5.41) is 0.926. The predicted octanol–water partition coefficient (Wildman–Crippen LogP) is 8.20. The van der Waals surface area contributed by atoms with Crippen LogP contribution in [0, 0.1) is 11.8 Å². The van der Waals surface area contributed by atoms with Gasteiger partial charge in [-0.25, -0.2) is 4.79 Å². The van der Waals surface area contributed by atoms with Crippen LogP contribution in [0.1, 0.15) is 67.9 Å². The fraction of sp³-hybridized carbons (Fsp3) is 0.559. The van der Waals surface area contributed by atoms with E-state index in [9.17, 15) is 4.79 Å². The summed E-state index contributed by atoms with van der Waals surface area (Å²) in [6, 6.07) is 12.1. The molecule has 0 radical (unpaired) electrons. The lowest BCUT2D eigenvalue weighted by Crippen LogP contribution is -2.52. The fourth-order valence-electron chi connectivity index (χ4n) is 6.72. The van der Waals surface area contributed by atoms with Crippen molar-refractivity contribution in [3.8, 4) is 5.75 Å². The van der Waals surface area contributed by atoms with Gasteiger partial charge in [-0.2, -0.15) is 0 Å². The van der Waals surface area contributed by atoms with Crippen LogP contribution in [0.5, 0.6) is 5.75 Å². The third-order valence-corrected chi connectivity index (χ3v) is 15.0. The zero-order valence-corrected chi connectivity index (χ0v) is 27.4. The van der Waals surface area contributed by atoms with Gasteiger partial charge in [0.2, 0.25) is 0 Å². The van der Waals surface area contributed by atoms with E-state index in [-0.39, 0.29) is 22.5 Å². The van der Waals surface area contributed by atoms with Crippen molar-refractivity contribution in [3.05, 3.63) is 70.8 Å². The number of hydrogen-bond acceptors (Lipinski definition) is 5. The standard InChI is InChI=1S/C34H46ClNO4Si/c1-8-30(40-41(6,7)33(2,3)4)27-14-11-25(27)20-36-21-34(17-9-10-23-18-26(35)13-15-28(23)34)22-39-31-16-12-24(19-29(31)36)32(37)38-5/h8,12-13,15-16,18-19,25,27,30H,1,9-11,14,17,20-22H2,2-7H3/t25-,27+,30-,34-/m0/s1. The van der Waals surface area contributed by atoms with E-state index in [0.717, 1.165) is 61.7 Å². The quantitative estimate of drug-likeness (QED) is 0.183. The number of fused-ring (bicyclic) bond motifs is 3. The molecular formula is C34H46ClNO4Si. The van der Waals surface area contributed by atoms with Gasteiger partial charge in [0.25, 0.3) is 0 Å². The summed E-state index contributed by atoms with van der Waals surface area (Å²) in [4.78, 5) is 15.0. The van der Waals surface area contributed by atoms with Gasteiger partial charge < -0.3 is 18.8 Å². The third kappa shape index (κ3) is 5.85. The molecule has 2 aliphatic carbocycles. The Labute approximate surface area is 252 Å². The summed E-state index contributed by atoms with van der Waals surface area (Å²) >= 11 is 6.42. The first-order chi connectivity index (χ1) is 19.4. The van der Waals surface area contributed by atoms with Crippen LogP contribution in [-0.2, 0) is 21.0 Å². The van der Waals surface area contributed by atoms with Crippen molar-refractivity contribution in [3.63, 3.8) is 0 Å². The van der Waals surface area contributed by atoms with E-state index in [2.05, 4.69) is 57.5 Å². The van der Waals surface area contributed by atoms with Crippen LogP contribution < -0.4 is 9.64 Å². The van der Waals surface area contributed by atoms with Crippen molar-refractivity contribution >= 4 is 31.6 Å². The number of halogens is 1. The molecular weight excluding hydrogens is 550 g/mol. The van der Waals surface area contributed by atoms with Gasteiger partial charge in [0.1, 0.15) is 5.75 Å². The maximum Gasteiger partial charge on any atom is 0.337 e. The molecule has 0 aromatic heterocycles. The highest BCUT2D eigenvalue weighted by molar-refractivity contribution is 6.74. The Hall–Kier alpha value is -2.28. The van der Waals surface area contributed by atoms with Crippen molar-refractivity contribution in [2.75, 3.05) is 31.7 Å². The topological polar surface area (TPSA) is 48.0 Å². The van der Waals surface area contributed by atoms with Gasteiger partial charge in [0, 0.05) is 23.5 Å². The minimum absolute atomic E-state index is 0.0465. The summed E-state index contributed by atoms with van der Waals surface area (Å²) in [5.74, 6) is 1.37. The predicted molar refractivity (Wildman–Crippen MR) is 170 cm³/mol. The second-order valence-electron chi connectivity index (χ2n) is 13.9. The third-order valence-electron chi connectivity index (χ3n) is 10.3. The first-order valence-electron chi connectivity index (χ1n) is 15.1. The van der Waals surface area contributed by atoms with Crippen molar-refractivity contribution in [1.29, 1.82) is 0 Å². The smallest absolute Gasteiger partial charge is 0.337 e.